The van der Waals surface area contributed by atoms with E-state index >= 15 is 0 Å². The molecule has 0 saturated heterocycles. The molecule has 0 atom stereocenters. The van der Waals surface area contributed by atoms with Crippen molar-refractivity contribution in [2.75, 3.05) is 7.05 Å². The van der Waals surface area contributed by atoms with E-state index in [2.05, 4.69) is 9.97 Å². The molecule has 0 fully saturated rings. The number of nitrogens with zero attached hydrogens (tertiary/aromatic N) is 1. The Kier molecular flexibility index (Phi) is 3.49. The quantitative estimate of drug-likeness (QED) is 0.592. The van der Waals surface area contributed by atoms with Crippen LogP contribution >= 0.6 is 0 Å². The molecule has 1 aromatic carbocycles. The van der Waals surface area contributed by atoms with Crippen LogP contribution in [-0.4, -0.2) is 28.2 Å². The SMILES string of the molecule is CNC(=O)O.c1ccc2[nH]cnc2c1. The molecule has 3 N–H and O–H groups in total. The standard InChI is InChI=1S/C7H6N2.C2H5NO2/c1-2-4-7-6(3-1)8-5-9-7;1-3-2(4)5/h1-5H,(H,8,9);3H,1H3,(H,4,5). The molecule has 0 unspecified atom stereocenters. The number of nitrogens with one attached hydrogen (secondary N) is 2. The predicted molar refractivity (Wildman–Crippen MR) is 53.2 cm³/mol. The van der Waals surface area contributed by atoms with Gasteiger partial charge in [-0.05, 0) is 12.1 Å². The number of fused-ring (bicyclic) bond motifs is 1. The van der Waals surface area contributed by atoms with Gasteiger partial charge >= 0.3 is 6.09 Å². The Labute approximate surface area is 80.8 Å². The van der Waals surface area contributed by atoms with E-state index in [1.54, 1.807) is 6.33 Å². The lowest BCUT2D eigenvalue weighted by molar-refractivity contribution is 0.197. The van der Waals surface area contributed by atoms with Gasteiger partial charge in [-0.15, -0.1) is 0 Å². The number of aromatic nitrogens is 2. The second kappa shape index (κ2) is 4.86. The normalized spacial score (nSPS) is 8.93. The highest BCUT2D eigenvalue weighted by Crippen LogP contribution is 2.05. The molecule has 0 aliphatic heterocycles. The maximum Gasteiger partial charge on any atom is 0.404 e. The van der Waals surface area contributed by atoms with E-state index in [1.807, 2.05) is 29.6 Å². The van der Waals surface area contributed by atoms with Gasteiger partial charge in [-0.2, -0.15) is 0 Å². The summed E-state index contributed by atoms with van der Waals surface area (Å²) in [7, 11) is 1.35. The van der Waals surface area contributed by atoms with E-state index in [1.165, 1.54) is 7.05 Å². The first-order valence-corrected chi connectivity index (χ1v) is 4.03. The summed E-state index contributed by atoms with van der Waals surface area (Å²) in [6.07, 6.45) is 0.704. The van der Waals surface area contributed by atoms with Crippen LogP contribution in [0.2, 0.25) is 0 Å². The van der Waals surface area contributed by atoms with Crippen molar-refractivity contribution < 1.29 is 9.90 Å². The monoisotopic (exact) mass is 193 g/mol. The number of para-hydroxylation sites is 2. The average molecular weight is 193 g/mol. The van der Waals surface area contributed by atoms with Gasteiger partial charge in [-0.1, -0.05) is 12.1 Å². The topological polar surface area (TPSA) is 78.0 Å². The molecule has 0 aliphatic rings. The van der Waals surface area contributed by atoms with E-state index in [9.17, 15) is 4.79 Å². The van der Waals surface area contributed by atoms with Crippen LogP contribution in [0.4, 0.5) is 4.79 Å². The van der Waals surface area contributed by atoms with Crippen molar-refractivity contribution in [3.05, 3.63) is 30.6 Å². The number of H-pyrrole nitrogens is 1. The fraction of sp³-hybridized carbons (Fsp3) is 0.111. The number of carboxylic acid groups (broad SMARTS) is 1. The highest BCUT2D eigenvalue weighted by molar-refractivity contribution is 5.73. The number of hydrogen-bond acceptors (Lipinski definition) is 2. The molecule has 5 heteroatoms. The molecule has 1 aromatic heterocycles. The van der Waals surface area contributed by atoms with Crippen LogP contribution in [0.3, 0.4) is 0 Å². The molecule has 0 saturated carbocycles. The van der Waals surface area contributed by atoms with Crippen molar-refractivity contribution in [3.63, 3.8) is 0 Å². The van der Waals surface area contributed by atoms with Crippen molar-refractivity contribution in [3.8, 4) is 0 Å². The highest BCUT2D eigenvalue weighted by Gasteiger charge is 1.88. The van der Waals surface area contributed by atoms with E-state index in [-0.39, 0.29) is 0 Å². The summed E-state index contributed by atoms with van der Waals surface area (Å²) in [6.45, 7) is 0. The zero-order valence-electron chi connectivity index (χ0n) is 7.69. The van der Waals surface area contributed by atoms with Crippen LogP contribution in [0.25, 0.3) is 11.0 Å². The Bertz CT molecular complexity index is 381. The third-order valence-corrected chi connectivity index (χ3v) is 1.54. The molecule has 74 valence electrons. The summed E-state index contributed by atoms with van der Waals surface area (Å²) in [4.78, 5) is 16.3. The minimum Gasteiger partial charge on any atom is -0.465 e. The zero-order chi connectivity index (χ0) is 10.4. The molecule has 14 heavy (non-hydrogen) atoms. The minimum atomic E-state index is -0.995. The molecule has 0 aliphatic carbocycles. The van der Waals surface area contributed by atoms with Crippen LogP contribution in [0.1, 0.15) is 0 Å². The molecule has 1 heterocycles. The number of carbonyl (C=O) groups is 1. The molecule has 1 amide bonds. The van der Waals surface area contributed by atoms with Gasteiger partial charge in [0.2, 0.25) is 0 Å². The van der Waals surface area contributed by atoms with Crippen molar-refractivity contribution in [2.45, 2.75) is 0 Å². The molecular formula is C9H11N3O2. The van der Waals surface area contributed by atoms with Crippen LogP contribution in [-0.2, 0) is 0 Å². The average Bonchev–Trinajstić information content (AvgIpc) is 2.66. The van der Waals surface area contributed by atoms with Gasteiger partial charge in [0, 0.05) is 7.05 Å². The number of rotatable bonds is 0. The summed E-state index contributed by atoms with van der Waals surface area (Å²) in [5.74, 6) is 0. The van der Waals surface area contributed by atoms with E-state index in [4.69, 9.17) is 5.11 Å². The summed E-state index contributed by atoms with van der Waals surface area (Å²) in [5.41, 5.74) is 2.12. The molecule has 2 aromatic rings. The van der Waals surface area contributed by atoms with Gasteiger partial charge in [0.1, 0.15) is 0 Å². The Balaban J connectivity index is 0.000000171. The number of amides is 1. The third-order valence-electron chi connectivity index (χ3n) is 1.54. The van der Waals surface area contributed by atoms with Crippen LogP contribution in [0.5, 0.6) is 0 Å². The molecular weight excluding hydrogens is 182 g/mol. The zero-order valence-corrected chi connectivity index (χ0v) is 7.69. The largest absolute Gasteiger partial charge is 0.465 e. The van der Waals surface area contributed by atoms with Gasteiger partial charge in [0.15, 0.2) is 0 Å². The molecule has 0 spiro atoms. The number of aromatic amines is 1. The number of imidazole rings is 1. The summed E-state index contributed by atoms with van der Waals surface area (Å²) in [6, 6.07) is 7.94. The minimum absolute atomic E-state index is 0.995. The maximum atomic E-state index is 9.26. The van der Waals surface area contributed by atoms with Gasteiger partial charge in [0.25, 0.3) is 0 Å². The van der Waals surface area contributed by atoms with Crippen molar-refractivity contribution in [2.24, 2.45) is 0 Å². The fourth-order valence-electron chi connectivity index (χ4n) is 0.880. The van der Waals surface area contributed by atoms with Crippen molar-refractivity contribution >= 4 is 17.1 Å². The summed E-state index contributed by atoms with van der Waals surface area (Å²) < 4.78 is 0. The molecule has 0 radical (unpaired) electrons. The highest BCUT2D eigenvalue weighted by atomic mass is 16.4. The van der Waals surface area contributed by atoms with Crippen LogP contribution < -0.4 is 5.32 Å². The van der Waals surface area contributed by atoms with Gasteiger partial charge in [0.05, 0.1) is 17.4 Å². The molecule has 2 rings (SSSR count). The van der Waals surface area contributed by atoms with Crippen molar-refractivity contribution in [1.82, 2.24) is 15.3 Å². The smallest absolute Gasteiger partial charge is 0.404 e. The van der Waals surface area contributed by atoms with Crippen LogP contribution in [0.15, 0.2) is 30.6 Å². The lowest BCUT2D eigenvalue weighted by Crippen LogP contribution is -2.13. The first kappa shape index (κ1) is 10.0. The fourth-order valence-corrected chi connectivity index (χ4v) is 0.880. The molecule has 0 bridgehead atoms. The lowest BCUT2D eigenvalue weighted by atomic mass is 10.3. The first-order chi connectivity index (χ1) is 6.74. The van der Waals surface area contributed by atoms with Gasteiger partial charge < -0.3 is 15.4 Å². The Morgan fingerprint density at radius 3 is 2.71 bits per heavy atom. The second-order valence-corrected chi connectivity index (χ2v) is 2.47. The van der Waals surface area contributed by atoms with E-state index in [0.29, 0.717) is 0 Å². The summed E-state index contributed by atoms with van der Waals surface area (Å²) in [5, 5.41) is 9.56. The van der Waals surface area contributed by atoms with Crippen LogP contribution in [0, 0.1) is 0 Å². The number of hydrogen-bond donors (Lipinski definition) is 3. The maximum absolute atomic E-state index is 9.26. The predicted octanol–water partition coefficient (Wildman–Crippen LogP) is 1.45. The Hall–Kier alpha value is -2.04. The second-order valence-electron chi connectivity index (χ2n) is 2.47. The van der Waals surface area contributed by atoms with Gasteiger partial charge in [-0.3, -0.25) is 0 Å². The first-order valence-electron chi connectivity index (χ1n) is 4.03. The van der Waals surface area contributed by atoms with Gasteiger partial charge in [-0.25, -0.2) is 9.78 Å². The van der Waals surface area contributed by atoms with E-state index < -0.39 is 6.09 Å². The van der Waals surface area contributed by atoms with Crippen molar-refractivity contribution in [1.29, 1.82) is 0 Å². The Morgan fingerprint density at radius 2 is 2.14 bits per heavy atom. The molecule has 5 nitrogen and oxygen atoms in total. The van der Waals surface area contributed by atoms with E-state index in [0.717, 1.165) is 11.0 Å². The number of benzene rings is 1. The lowest BCUT2D eigenvalue weighted by Gasteiger charge is -1.81. The third kappa shape index (κ3) is 2.78. The summed E-state index contributed by atoms with van der Waals surface area (Å²) >= 11 is 0. The Morgan fingerprint density at radius 1 is 1.50 bits per heavy atom.